The van der Waals surface area contributed by atoms with Crippen LogP contribution < -0.4 is 0 Å². The largest absolute Gasteiger partial charge is 0.379 e. The fourth-order valence-electron chi connectivity index (χ4n) is 3.52. The van der Waals surface area contributed by atoms with Gasteiger partial charge in [0.15, 0.2) is 0 Å². The van der Waals surface area contributed by atoms with Crippen LogP contribution in [0.3, 0.4) is 0 Å². The highest BCUT2D eigenvalue weighted by Gasteiger charge is 2.26. The third-order valence-corrected chi connectivity index (χ3v) is 4.88. The van der Waals surface area contributed by atoms with E-state index in [-0.39, 0.29) is 5.82 Å². The van der Waals surface area contributed by atoms with Crippen LogP contribution in [-0.4, -0.2) is 55.2 Å². The molecular weight excluding hydrogens is 293 g/mol. The average Bonchev–Trinajstić information content (AvgIpc) is 2.59. The number of likely N-dealkylation sites (tertiary alicyclic amines) is 1. The van der Waals surface area contributed by atoms with Crippen LogP contribution in [0.4, 0.5) is 4.39 Å². The van der Waals surface area contributed by atoms with Crippen LogP contribution in [0.25, 0.3) is 0 Å². The van der Waals surface area contributed by atoms with Crippen molar-refractivity contribution in [2.75, 3.05) is 39.4 Å². The van der Waals surface area contributed by atoms with Crippen LogP contribution >= 0.6 is 0 Å². The maximum Gasteiger partial charge on any atom is 0.129 e. The van der Waals surface area contributed by atoms with E-state index in [1.54, 1.807) is 12.1 Å². The van der Waals surface area contributed by atoms with Gasteiger partial charge in [-0.25, -0.2) is 4.39 Å². The molecule has 124 valence electrons. The molecule has 23 heavy (non-hydrogen) atoms. The highest BCUT2D eigenvalue weighted by atomic mass is 19.1. The van der Waals surface area contributed by atoms with Crippen molar-refractivity contribution in [1.29, 1.82) is 5.26 Å². The molecule has 1 aromatic carbocycles. The van der Waals surface area contributed by atoms with Crippen LogP contribution in [0.15, 0.2) is 18.2 Å². The van der Waals surface area contributed by atoms with Gasteiger partial charge in [-0.1, -0.05) is 12.5 Å². The number of ether oxygens (including phenoxy) is 1. The minimum Gasteiger partial charge on any atom is -0.379 e. The molecule has 0 radical (unpaired) electrons. The number of hydrogen-bond acceptors (Lipinski definition) is 4. The van der Waals surface area contributed by atoms with Crippen LogP contribution in [0, 0.1) is 17.1 Å². The van der Waals surface area contributed by atoms with Crippen molar-refractivity contribution in [3.8, 4) is 6.07 Å². The predicted molar refractivity (Wildman–Crippen MR) is 86.4 cm³/mol. The van der Waals surface area contributed by atoms with Gasteiger partial charge in [0.05, 0.1) is 24.8 Å². The van der Waals surface area contributed by atoms with Gasteiger partial charge in [-0.15, -0.1) is 0 Å². The molecule has 2 fully saturated rings. The molecule has 0 aliphatic carbocycles. The molecule has 2 aliphatic heterocycles. The molecule has 0 spiro atoms. The smallest absolute Gasteiger partial charge is 0.129 e. The molecule has 4 nitrogen and oxygen atoms in total. The van der Waals surface area contributed by atoms with Gasteiger partial charge in [0.2, 0.25) is 0 Å². The molecule has 0 bridgehead atoms. The minimum absolute atomic E-state index is 0.264. The van der Waals surface area contributed by atoms with E-state index in [2.05, 4.69) is 9.80 Å². The normalized spacial score (nSPS) is 23.6. The summed E-state index contributed by atoms with van der Waals surface area (Å²) in [4.78, 5) is 4.87. The summed E-state index contributed by atoms with van der Waals surface area (Å²) in [5, 5.41) is 8.86. The number of nitriles is 1. The fraction of sp³-hybridized carbons (Fsp3) is 0.611. The molecule has 0 saturated carbocycles. The molecule has 2 saturated heterocycles. The molecule has 2 aliphatic rings. The molecule has 0 amide bonds. The first-order chi connectivity index (χ1) is 11.3. The monoisotopic (exact) mass is 317 g/mol. The number of rotatable bonds is 4. The Morgan fingerprint density at radius 3 is 2.78 bits per heavy atom. The Bertz CT molecular complexity index is 566. The molecule has 3 rings (SSSR count). The van der Waals surface area contributed by atoms with E-state index in [1.807, 2.05) is 6.07 Å². The second-order valence-corrected chi connectivity index (χ2v) is 6.45. The molecule has 1 atom stereocenters. The van der Waals surface area contributed by atoms with Gasteiger partial charge in [0.1, 0.15) is 5.82 Å². The SMILES string of the molecule is N#Cc1ccc(CN2CCCC[C@@H]2CN2CCOCC2)c(F)c1. The minimum atomic E-state index is -0.264. The van der Waals surface area contributed by atoms with Crippen molar-refractivity contribution in [3.05, 3.63) is 35.1 Å². The van der Waals surface area contributed by atoms with Crippen LogP contribution in [0.2, 0.25) is 0 Å². The van der Waals surface area contributed by atoms with Crippen molar-refractivity contribution in [2.24, 2.45) is 0 Å². The molecule has 0 unspecified atom stereocenters. The fourth-order valence-corrected chi connectivity index (χ4v) is 3.52. The Kier molecular flexibility index (Phi) is 5.60. The third kappa shape index (κ3) is 4.29. The molecule has 2 heterocycles. The number of benzene rings is 1. The summed E-state index contributed by atoms with van der Waals surface area (Å²) in [7, 11) is 0. The summed E-state index contributed by atoms with van der Waals surface area (Å²) < 4.78 is 19.6. The van der Waals surface area contributed by atoms with Crippen molar-refractivity contribution in [1.82, 2.24) is 9.80 Å². The van der Waals surface area contributed by atoms with Crippen molar-refractivity contribution >= 4 is 0 Å². The van der Waals surface area contributed by atoms with Crippen LogP contribution in [0.1, 0.15) is 30.4 Å². The standard InChI is InChI=1S/C18H24FN3O/c19-18-11-15(12-20)4-5-16(18)13-22-6-2-1-3-17(22)14-21-7-9-23-10-8-21/h4-5,11,17H,1-3,6-10,13-14H2/t17-/m1/s1. The van der Waals surface area contributed by atoms with E-state index in [1.165, 1.54) is 25.3 Å². The number of piperidine rings is 1. The Morgan fingerprint density at radius 1 is 1.22 bits per heavy atom. The highest BCUT2D eigenvalue weighted by molar-refractivity contribution is 5.32. The zero-order chi connectivity index (χ0) is 16.1. The first-order valence-corrected chi connectivity index (χ1v) is 8.49. The van der Waals surface area contributed by atoms with Crippen LogP contribution in [0.5, 0.6) is 0 Å². The summed E-state index contributed by atoms with van der Waals surface area (Å²) >= 11 is 0. The van der Waals surface area contributed by atoms with Gasteiger partial charge in [-0.3, -0.25) is 9.80 Å². The highest BCUT2D eigenvalue weighted by Crippen LogP contribution is 2.22. The summed E-state index contributed by atoms with van der Waals surface area (Å²) in [5.41, 5.74) is 1.08. The average molecular weight is 317 g/mol. The Balaban J connectivity index is 1.65. The van der Waals surface area contributed by atoms with E-state index < -0.39 is 0 Å². The summed E-state index contributed by atoms with van der Waals surface area (Å²) in [6.07, 6.45) is 3.61. The third-order valence-electron chi connectivity index (χ3n) is 4.88. The number of morpholine rings is 1. The maximum absolute atomic E-state index is 14.2. The topological polar surface area (TPSA) is 39.5 Å². The maximum atomic E-state index is 14.2. The number of hydrogen-bond donors (Lipinski definition) is 0. The van der Waals surface area contributed by atoms with Gasteiger partial charge in [-0.2, -0.15) is 5.26 Å². The van der Waals surface area contributed by atoms with Crippen molar-refractivity contribution in [3.63, 3.8) is 0 Å². The first-order valence-electron chi connectivity index (χ1n) is 8.49. The number of halogens is 1. The number of nitrogens with zero attached hydrogens (tertiary/aromatic N) is 3. The second kappa shape index (κ2) is 7.87. The zero-order valence-corrected chi connectivity index (χ0v) is 13.5. The molecule has 0 aromatic heterocycles. The summed E-state index contributed by atoms with van der Waals surface area (Å²) in [6.45, 7) is 6.32. The van der Waals surface area contributed by atoms with Gasteiger partial charge in [0.25, 0.3) is 0 Å². The lowest BCUT2D eigenvalue weighted by Crippen LogP contribution is -2.49. The van der Waals surface area contributed by atoms with Gasteiger partial charge >= 0.3 is 0 Å². The lowest BCUT2D eigenvalue weighted by atomic mass is 10.00. The molecule has 5 heteroatoms. The van der Waals surface area contributed by atoms with Gasteiger partial charge < -0.3 is 4.74 Å². The molecule has 1 aromatic rings. The van der Waals surface area contributed by atoms with E-state index >= 15 is 0 Å². The van der Waals surface area contributed by atoms with Gasteiger partial charge in [0, 0.05) is 37.8 Å². The predicted octanol–water partition coefficient (Wildman–Crippen LogP) is 2.38. The summed E-state index contributed by atoms with van der Waals surface area (Å²) in [6, 6.07) is 7.28. The Hall–Kier alpha value is -1.48. The molecular formula is C18H24FN3O. The molecule has 0 N–H and O–H groups in total. The van der Waals surface area contributed by atoms with Crippen LogP contribution in [-0.2, 0) is 11.3 Å². The van der Waals surface area contributed by atoms with Gasteiger partial charge in [-0.05, 0) is 31.5 Å². The van der Waals surface area contributed by atoms with Crippen molar-refractivity contribution in [2.45, 2.75) is 31.8 Å². The summed E-state index contributed by atoms with van der Waals surface area (Å²) in [5.74, 6) is -0.264. The lowest BCUT2D eigenvalue weighted by Gasteiger charge is -2.39. The van der Waals surface area contributed by atoms with E-state index in [9.17, 15) is 4.39 Å². The quantitative estimate of drug-likeness (QED) is 0.855. The van der Waals surface area contributed by atoms with E-state index in [0.717, 1.165) is 39.4 Å². The lowest BCUT2D eigenvalue weighted by molar-refractivity contribution is 0.0151. The second-order valence-electron chi connectivity index (χ2n) is 6.45. The van der Waals surface area contributed by atoms with E-state index in [4.69, 9.17) is 10.00 Å². The van der Waals surface area contributed by atoms with E-state index in [0.29, 0.717) is 23.7 Å². The van der Waals surface area contributed by atoms with Crippen molar-refractivity contribution < 1.29 is 9.13 Å². The zero-order valence-electron chi connectivity index (χ0n) is 13.5. The Morgan fingerprint density at radius 2 is 2.04 bits per heavy atom. The first kappa shape index (κ1) is 16.4. The Labute approximate surface area is 137 Å².